The van der Waals surface area contributed by atoms with Crippen LogP contribution in [-0.4, -0.2) is 76.3 Å². The third kappa shape index (κ3) is 3.14. The summed E-state index contributed by atoms with van der Waals surface area (Å²) in [6.45, 7) is 2.91. The molecule has 2 aromatic rings. The van der Waals surface area contributed by atoms with E-state index in [1.807, 2.05) is 35.2 Å². The molecule has 1 aliphatic rings. The Morgan fingerprint density at radius 2 is 1.95 bits per heavy atom. The molecule has 0 bridgehead atoms. The number of carbonyl (C=O) groups excluding carboxylic acids is 1. The molecular formula is C16H21N3O3. The number of nitrogens with one attached hydrogen (secondary N) is 1. The van der Waals surface area contributed by atoms with Crippen molar-refractivity contribution in [2.75, 3.05) is 39.3 Å². The molecule has 1 aliphatic heterocycles. The molecule has 1 fully saturated rings. The molecule has 6 heteroatoms. The van der Waals surface area contributed by atoms with Crippen LogP contribution in [0, 0.1) is 0 Å². The van der Waals surface area contributed by atoms with Crippen LogP contribution in [0.15, 0.2) is 30.3 Å². The Kier molecular flexibility index (Phi) is 4.42. The van der Waals surface area contributed by atoms with Crippen LogP contribution in [0.3, 0.4) is 0 Å². The zero-order valence-electron chi connectivity index (χ0n) is 12.4. The van der Waals surface area contributed by atoms with Crippen molar-refractivity contribution in [1.82, 2.24) is 14.8 Å². The number of rotatable bonds is 4. The number of amides is 1. The van der Waals surface area contributed by atoms with Gasteiger partial charge in [0.05, 0.1) is 12.7 Å². The van der Waals surface area contributed by atoms with Crippen molar-refractivity contribution >= 4 is 16.8 Å². The molecule has 1 saturated heterocycles. The first-order valence-corrected chi connectivity index (χ1v) is 7.55. The third-order valence-corrected chi connectivity index (χ3v) is 4.10. The lowest BCUT2D eigenvalue weighted by molar-refractivity contribution is 0.0356. The molecule has 1 atom stereocenters. The highest BCUT2D eigenvalue weighted by Crippen LogP contribution is 2.16. The number of β-amino-alcohol motifs (C(OH)–C–C–N with tert-alkyl or cyclic N) is 1. The number of aromatic amines is 1. The molecule has 0 saturated carbocycles. The van der Waals surface area contributed by atoms with Crippen molar-refractivity contribution in [3.8, 4) is 0 Å². The minimum absolute atomic E-state index is 0.0126. The van der Waals surface area contributed by atoms with E-state index >= 15 is 0 Å². The second-order valence-corrected chi connectivity index (χ2v) is 5.70. The minimum atomic E-state index is -0.712. The van der Waals surface area contributed by atoms with E-state index in [2.05, 4.69) is 9.88 Å². The predicted octanol–water partition coefficient (Wildman–Crippen LogP) is 0.279. The number of H-pyrrole nitrogens is 1. The number of aliphatic hydroxyl groups excluding tert-OH is 2. The van der Waals surface area contributed by atoms with Crippen LogP contribution in [-0.2, 0) is 0 Å². The number of hydrogen-bond donors (Lipinski definition) is 3. The van der Waals surface area contributed by atoms with Gasteiger partial charge in [-0.2, -0.15) is 0 Å². The topological polar surface area (TPSA) is 79.8 Å². The Balaban J connectivity index is 1.62. The Bertz CT molecular complexity index is 614. The second-order valence-electron chi connectivity index (χ2n) is 5.70. The molecule has 0 unspecified atom stereocenters. The molecule has 3 N–H and O–H groups in total. The van der Waals surface area contributed by atoms with Gasteiger partial charge in [-0.25, -0.2) is 0 Å². The van der Waals surface area contributed by atoms with E-state index in [4.69, 9.17) is 5.11 Å². The van der Waals surface area contributed by atoms with Crippen LogP contribution in [0.25, 0.3) is 10.9 Å². The van der Waals surface area contributed by atoms with Gasteiger partial charge < -0.3 is 20.1 Å². The number of hydrogen-bond acceptors (Lipinski definition) is 4. The monoisotopic (exact) mass is 303 g/mol. The van der Waals surface area contributed by atoms with Crippen molar-refractivity contribution in [1.29, 1.82) is 0 Å². The Hall–Kier alpha value is -1.89. The van der Waals surface area contributed by atoms with Gasteiger partial charge in [-0.05, 0) is 12.1 Å². The van der Waals surface area contributed by atoms with E-state index < -0.39 is 6.10 Å². The first-order chi connectivity index (χ1) is 10.7. The van der Waals surface area contributed by atoms with E-state index in [9.17, 15) is 9.90 Å². The van der Waals surface area contributed by atoms with Crippen molar-refractivity contribution in [2.45, 2.75) is 6.10 Å². The summed E-state index contributed by atoms with van der Waals surface area (Å²) in [7, 11) is 0. The number of fused-ring (bicyclic) bond motifs is 1. The number of carbonyl (C=O) groups is 1. The van der Waals surface area contributed by atoms with Crippen LogP contribution in [0.2, 0.25) is 0 Å². The number of piperazine rings is 1. The second kappa shape index (κ2) is 6.48. The highest BCUT2D eigenvalue weighted by Gasteiger charge is 2.24. The number of benzene rings is 1. The quantitative estimate of drug-likeness (QED) is 0.758. The van der Waals surface area contributed by atoms with Gasteiger partial charge in [0, 0.05) is 43.6 Å². The van der Waals surface area contributed by atoms with Gasteiger partial charge in [-0.3, -0.25) is 9.69 Å². The zero-order valence-corrected chi connectivity index (χ0v) is 12.4. The molecule has 0 aliphatic carbocycles. The van der Waals surface area contributed by atoms with Gasteiger partial charge in [-0.1, -0.05) is 18.2 Å². The first kappa shape index (κ1) is 15.0. The predicted molar refractivity (Wildman–Crippen MR) is 83.7 cm³/mol. The summed E-state index contributed by atoms with van der Waals surface area (Å²) < 4.78 is 0. The van der Waals surface area contributed by atoms with Crippen molar-refractivity contribution in [2.24, 2.45) is 0 Å². The fourth-order valence-corrected chi connectivity index (χ4v) is 2.85. The minimum Gasteiger partial charge on any atom is -0.394 e. The highest BCUT2D eigenvalue weighted by molar-refractivity contribution is 5.98. The SMILES string of the molecule is O=C(c1cc2ccccc2[nH]1)N1CCN(C[C@H](O)CO)CC1. The number of para-hydroxylation sites is 1. The standard InChI is InChI=1S/C16H21N3O3/c20-11-13(21)10-18-5-7-19(8-6-18)16(22)15-9-12-3-1-2-4-14(12)17-15/h1-4,9,13,17,20-21H,5-8,10-11H2/t13-/m0/s1. The lowest BCUT2D eigenvalue weighted by Gasteiger charge is -2.35. The van der Waals surface area contributed by atoms with Crippen LogP contribution in [0.5, 0.6) is 0 Å². The molecule has 1 aromatic heterocycles. The summed E-state index contributed by atoms with van der Waals surface area (Å²) in [5.74, 6) is 0.0126. The molecule has 0 radical (unpaired) electrons. The number of aromatic nitrogens is 1. The number of nitrogens with zero attached hydrogens (tertiary/aromatic N) is 2. The van der Waals surface area contributed by atoms with Gasteiger partial charge in [0.2, 0.25) is 0 Å². The number of aliphatic hydroxyl groups is 2. The third-order valence-electron chi connectivity index (χ3n) is 4.10. The lowest BCUT2D eigenvalue weighted by Crippen LogP contribution is -2.50. The van der Waals surface area contributed by atoms with E-state index in [-0.39, 0.29) is 12.5 Å². The lowest BCUT2D eigenvalue weighted by atomic mass is 10.2. The fraction of sp³-hybridized carbons (Fsp3) is 0.438. The first-order valence-electron chi connectivity index (χ1n) is 7.55. The van der Waals surface area contributed by atoms with Crippen LogP contribution < -0.4 is 0 Å². The zero-order chi connectivity index (χ0) is 15.5. The normalized spacial score (nSPS) is 17.8. The Morgan fingerprint density at radius 3 is 2.64 bits per heavy atom. The molecule has 6 nitrogen and oxygen atoms in total. The van der Waals surface area contributed by atoms with Gasteiger partial charge >= 0.3 is 0 Å². The van der Waals surface area contributed by atoms with Gasteiger partial charge in [0.1, 0.15) is 5.69 Å². The summed E-state index contributed by atoms with van der Waals surface area (Å²) in [5, 5.41) is 19.4. The summed E-state index contributed by atoms with van der Waals surface area (Å²) in [4.78, 5) is 19.6. The van der Waals surface area contributed by atoms with E-state index in [1.54, 1.807) is 0 Å². The summed E-state index contributed by atoms with van der Waals surface area (Å²) in [6.07, 6.45) is -0.712. The summed E-state index contributed by atoms with van der Waals surface area (Å²) >= 11 is 0. The maximum atomic E-state index is 12.5. The fourth-order valence-electron chi connectivity index (χ4n) is 2.85. The van der Waals surface area contributed by atoms with Crippen molar-refractivity contribution in [3.05, 3.63) is 36.0 Å². The molecule has 1 aromatic carbocycles. The Morgan fingerprint density at radius 1 is 1.23 bits per heavy atom. The molecule has 0 spiro atoms. The summed E-state index contributed by atoms with van der Waals surface area (Å²) in [5.41, 5.74) is 1.58. The van der Waals surface area contributed by atoms with Gasteiger partial charge in [0.25, 0.3) is 5.91 Å². The van der Waals surface area contributed by atoms with Crippen molar-refractivity contribution < 1.29 is 15.0 Å². The molecule has 118 valence electrons. The molecule has 22 heavy (non-hydrogen) atoms. The average molecular weight is 303 g/mol. The van der Waals surface area contributed by atoms with Crippen LogP contribution >= 0.6 is 0 Å². The van der Waals surface area contributed by atoms with Crippen LogP contribution in [0.1, 0.15) is 10.5 Å². The van der Waals surface area contributed by atoms with E-state index in [0.717, 1.165) is 10.9 Å². The largest absolute Gasteiger partial charge is 0.394 e. The molecule has 1 amide bonds. The highest BCUT2D eigenvalue weighted by atomic mass is 16.3. The van der Waals surface area contributed by atoms with E-state index in [1.165, 1.54) is 0 Å². The van der Waals surface area contributed by atoms with Crippen LogP contribution in [0.4, 0.5) is 0 Å². The smallest absolute Gasteiger partial charge is 0.270 e. The average Bonchev–Trinajstić information content (AvgIpc) is 2.98. The van der Waals surface area contributed by atoms with Gasteiger partial charge in [0.15, 0.2) is 0 Å². The van der Waals surface area contributed by atoms with Gasteiger partial charge in [-0.15, -0.1) is 0 Å². The summed E-state index contributed by atoms with van der Waals surface area (Å²) in [6, 6.07) is 9.73. The molecular weight excluding hydrogens is 282 g/mol. The van der Waals surface area contributed by atoms with Crippen molar-refractivity contribution in [3.63, 3.8) is 0 Å². The maximum Gasteiger partial charge on any atom is 0.270 e. The van der Waals surface area contributed by atoms with E-state index in [0.29, 0.717) is 38.4 Å². The molecule has 3 rings (SSSR count). The maximum absolute atomic E-state index is 12.5. The Labute approximate surface area is 129 Å². The molecule has 2 heterocycles.